The minimum absolute atomic E-state index is 0.0573. The molecule has 0 bridgehead atoms. The number of hydrogen-bond donors (Lipinski definition) is 0. The second kappa shape index (κ2) is 12.7. The van der Waals surface area contributed by atoms with Gasteiger partial charge in [0.25, 0.3) is 6.71 Å². The van der Waals surface area contributed by atoms with Crippen molar-refractivity contribution >= 4 is 89.3 Å². The molecule has 0 unspecified atom stereocenters. The van der Waals surface area contributed by atoms with E-state index in [2.05, 4.69) is 214 Å². The maximum atomic E-state index is 2.64. The molecule has 0 aliphatic carbocycles. The van der Waals surface area contributed by atoms with Gasteiger partial charge in [-0.25, -0.2) is 0 Å². The zero-order valence-electron chi connectivity index (χ0n) is 34.0. The molecule has 0 atom stereocenters. The average molecular weight is 768 g/mol. The van der Waals surface area contributed by atoms with Crippen molar-refractivity contribution in [2.75, 3.05) is 14.7 Å². The molecule has 0 spiro atoms. The third-order valence-electron chi connectivity index (χ3n) is 12.9. The normalized spacial score (nSPS) is 14.5. The molecule has 282 valence electrons. The van der Waals surface area contributed by atoms with Gasteiger partial charge in [0, 0.05) is 60.9 Å². The first-order chi connectivity index (χ1) is 28.1. The molecular weight excluding hydrogens is 721 g/mol. The third kappa shape index (κ3) is 5.19. The Bertz CT molecular complexity index is 2870. The molecule has 4 heterocycles. The Morgan fingerprint density at radius 1 is 0.621 bits per heavy atom. The van der Waals surface area contributed by atoms with Crippen molar-refractivity contribution in [2.45, 2.75) is 58.9 Å². The third-order valence-corrected chi connectivity index (χ3v) is 14.1. The summed E-state index contributed by atoms with van der Waals surface area (Å²) in [6.07, 6.45) is 0. The first-order valence-corrected chi connectivity index (χ1v) is 21.4. The number of nitrogens with zero attached hydrogens (tertiary/aromatic N) is 3. The lowest BCUT2D eigenvalue weighted by Gasteiger charge is -2.44. The van der Waals surface area contributed by atoms with Crippen molar-refractivity contribution in [1.82, 2.24) is 0 Å². The van der Waals surface area contributed by atoms with E-state index in [-0.39, 0.29) is 17.5 Å². The molecule has 0 radical (unpaired) electrons. The van der Waals surface area contributed by atoms with Gasteiger partial charge in [0.2, 0.25) is 0 Å². The molecule has 0 N–H and O–H groups in total. The molecule has 3 aliphatic rings. The van der Waals surface area contributed by atoms with Crippen LogP contribution in [0, 0.1) is 6.92 Å². The van der Waals surface area contributed by atoms with Crippen LogP contribution in [-0.4, -0.2) is 6.71 Å². The molecule has 7 aromatic carbocycles. The summed E-state index contributed by atoms with van der Waals surface area (Å²) < 4.78 is 2.79. The van der Waals surface area contributed by atoms with Crippen LogP contribution in [0.2, 0.25) is 0 Å². The van der Waals surface area contributed by atoms with E-state index in [1.807, 2.05) is 11.3 Å². The van der Waals surface area contributed by atoms with Gasteiger partial charge in [-0.1, -0.05) is 126 Å². The van der Waals surface area contributed by atoms with Crippen LogP contribution in [-0.2, 0) is 17.4 Å². The summed E-state index contributed by atoms with van der Waals surface area (Å²) in [4.78, 5) is 7.64. The monoisotopic (exact) mass is 767 g/mol. The second-order valence-corrected chi connectivity index (χ2v) is 19.0. The Morgan fingerprint density at radius 2 is 1.26 bits per heavy atom. The number of rotatable bonds is 5. The van der Waals surface area contributed by atoms with Crippen LogP contribution in [0.1, 0.15) is 62.4 Å². The number of para-hydroxylation sites is 3. The largest absolute Gasteiger partial charge is 0.337 e. The van der Waals surface area contributed by atoms with E-state index in [0.29, 0.717) is 0 Å². The van der Waals surface area contributed by atoms with Crippen LogP contribution in [0.3, 0.4) is 0 Å². The fourth-order valence-electron chi connectivity index (χ4n) is 10.0. The number of thiophene rings is 1. The van der Waals surface area contributed by atoms with E-state index < -0.39 is 0 Å². The predicted molar refractivity (Wildman–Crippen MR) is 250 cm³/mol. The van der Waals surface area contributed by atoms with E-state index in [1.165, 1.54) is 99.1 Å². The molecule has 58 heavy (non-hydrogen) atoms. The fourth-order valence-corrected chi connectivity index (χ4v) is 11.4. The van der Waals surface area contributed by atoms with Gasteiger partial charge >= 0.3 is 0 Å². The van der Waals surface area contributed by atoms with Crippen molar-refractivity contribution in [2.24, 2.45) is 0 Å². The SMILES string of the molecule is Cc1cc2c3c(c1)N1c4ccccc4C(C)(C)c4cccc5sc(c1c45)B3c1ccc(CN(c3ccccc3)c3ccccc3)cc1N2c1ccc(C(C)(C)C)cc1. The van der Waals surface area contributed by atoms with Crippen molar-refractivity contribution in [3.8, 4) is 0 Å². The summed E-state index contributed by atoms with van der Waals surface area (Å²) in [5, 5.41) is 1.40. The molecule has 0 saturated heterocycles. The van der Waals surface area contributed by atoms with Gasteiger partial charge in [0.05, 0.1) is 11.4 Å². The van der Waals surface area contributed by atoms with Crippen LogP contribution in [0.5, 0.6) is 0 Å². The van der Waals surface area contributed by atoms with Crippen molar-refractivity contribution in [1.29, 1.82) is 0 Å². The number of fused-ring (bicyclic) bond motifs is 6. The first kappa shape index (κ1) is 35.2. The summed E-state index contributed by atoms with van der Waals surface area (Å²) in [5.74, 6) is 0. The van der Waals surface area contributed by atoms with E-state index in [1.54, 1.807) is 0 Å². The summed E-state index contributed by atoms with van der Waals surface area (Å²) in [6, 6.07) is 59.3. The Labute approximate surface area is 346 Å². The van der Waals surface area contributed by atoms with Crippen LogP contribution in [0.15, 0.2) is 158 Å². The van der Waals surface area contributed by atoms with Crippen LogP contribution in [0.4, 0.5) is 45.5 Å². The quantitative estimate of drug-likeness (QED) is 0.162. The molecule has 8 aromatic rings. The Hall–Kier alpha value is -6.04. The van der Waals surface area contributed by atoms with Gasteiger partial charge in [0.15, 0.2) is 0 Å². The van der Waals surface area contributed by atoms with E-state index in [4.69, 9.17) is 0 Å². The second-order valence-electron chi connectivity index (χ2n) is 17.9. The minimum Gasteiger partial charge on any atom is -0.337 e. The van der Waals surface area contributed by atoms with Gasteiger partial charge in [-0.3, -0.25) is 0 Å². The highest BCUT2D eigenvalue weighted by Gasteiger charge is 2.48. The smallest absolute Gasteiger partial charge is 0.264 e. The van der Waals surface area contributed by atoms with Crippen LogP contribution in [0.25, 0.3) is 10.1 Å². The maximum absolute atomic E-state index is 2.64. The Morgan fingerprint density at radius 3 is 1.95 bits per heavy atom. The van der Waals surface area contributed by atoms with Gasteiger partial charge < -0.3 is 14.7 Å². The van der Waals surface area contributed by atoms with Crippen LogP contribution >= 0.6 is 11.3 Å². The summed E-state index contributed by atoms with van der Waals surface area (Å²) in [6.45, 7) is 14.8. The van der Waals surface area contributed by atoms with Gasteiger partial charge in [-0.2, -0.15) is 0 Å². The lowest BCUT2D eigenvalue weighted by molar-refractivity contribution is 0.590. The summed E-state index contributed by atoms with van der Waals surface area (Å²) >= 11 is 1.99. The number of benzene rings is 7. The lowest BCUT2D eigenvalue weighted by Crippen LogP contribution is -2.60. The molecule has 0 saturated carbocycles. The van der Waals surface area contributed by atoms with Gasteiger partial charge in [-0.05, 0) is 118 Å². The van der Waals surface area contributed by atoms with Crippen LogP contribution < -0.4 is 30.4 Å². The molecular formula is C53H46BN3S. The standard InChI is InChI=1S/C53H46BN3S/c1-34-30-45-49-46(31-34)57-43-22-14-13-20-40(43)53(5,6)41-21-15-23-47-48(41)50(57)51(58-47)54(49)42-29-24-35(32-44(42)56(45)39-27-25-36(26-28-39)52(2,3)4)33-55(37-16-9-7-10-17-37)38-18-11-8-12-19-38/h7-32H,33H2,1-6H3. The summed E-state index contributed by atoms with van der Waals surface area (Å²) in [7, 11) is 0. The van der Waals surface area contributed by atoms with E-state index >= 15 is 0 Å². The van der Waals surface area contributed by atoms with Crippen molar-refractivity contribution < 1.29 is 0 Å². The van der Waals surface area contributed by atoms with Gasteiger partial charge in [-0.15, -0.1) is 11.3 Å². The molecule has 11 rings (SSSR count). The van der Waals surface area contributed by atoms with E-state index in [0.717, 1.165) is 6.54 Å². The molecule has 3 aliphatic heterocycles. The zero-order valence-corrected chi connectivity index (χ0v) is 34.9. The number of hydrogen-bond acceptors (Lipinski definition) is 4. The van der Waals surface area contributed by atoms with Crippen molar-refractivity contribution in [3.05, 3.63) is 186 Å². The Kier molecular flexibility index (Phi) is 7.72. The highest BCUT2D eigenvalue weighted by molar-refractivity contribution is 7.33. The molecule has 0 fully saturated rings. The number of anilines is 8. The summed E-state index contributed by atoms with van der Waals surface area (Å²) in [5.41, 5.74) is 19.2. The first-order valence-electron chi connectivity index (χ1n) is 20.6. The minimum atomic E-state index is -0.179. The molecule has 1 aromatic heterocycles. The molecule has 0 amide bonds. The fraction of sp³-hybridized carbons (Fsp3) is 0.170. The predicted octanol–water partition coefficient (Wildman–Crippen LogP) is 12.6. The number of aryl methyl sites for hydroxylation is 1. The maximum Gasteiger partial charge on any atom is 0.264 e. The zero-order chi connectivity index (χ0) is 39.5. The van der Waals surface area contributed by atoms with E-state index in [9.17, 15) is 0 Å². The molecule has 3 nitrogen and oxygen atoms in total. The average Bonchev–Trinajstić information content (AvgIpc) is 3.58. The topological polar surface area (TPSA) is 9.72 Å². The lowest BCUT2D eigenvalue weighted by atomic mass is 9.36. The highest BCUT2D eigenvalue weighted by Crippen LogP contribution is 2.55. The highest BCUT2D eigenvalue weighted by atomic mass is 32.1. The van der Waals surface area contributed by atoms with Crippen molar-refractivity contribution in [3.63, 3.8) is 0 Å². The molecule has 5 heteroatoms. The Balaban J connectivity index is 1.18. The van der Waals surface area contributed by atoms with Gasteiger partial charge in [0.1, 0.15) is 0 Å².